The molecular formula is C25H26F2N4O. The van der Waals surface area contributed by atoms with Crippen LogP contribution in [-0.4, -0.2) is 39.7 Å². The van der Waals surface area contributed by atoms with Crippen molar-refractivity contribution in [3.8, 4) is 11.1 Å². The number of imidazole rings is 1. The molecule has 1 saturated heterocycles. The van der Waals surface area contributed by atoms with E-state index in [2.05, 4.69) is 39.9 Å². The van der Waals surface area contributed by atoms with Gasteiger partial charge in [0.05, 0.1) is 16.7 Å². The Labute approximate surface area is 185 Å². The second-order valence-corrected chi connectivity index (χ2v) is 8.76. The number of likely N-dealkylation sites (tertiary alicyclic amines) is 1. The first-order chi connectivity index (χ1) is 15.4. The number of hydrogen-bond donors (Lipinski definition) is 0. The van der Waals surface area contributed by atoms with Crippen molar-refractivity contribution < 1.29 is 13.3 Å². The van der Waals surface area contributed by atoms with E-state index < -0.39 is 11.6 Å². The summed E-state index contributed by atoms with van der Waals surface area (Å²) in [6, 6.07) is 10.7. The smallest absolute Gasteiger partial charge is 0.159 e. The molecule has 166 valence electrons. The number of aryl methyl sites for hydroxylation is 2. The molecule has 3 heterocycles. The van der Waals surface area contributed by atoms with Crippen LogP contribution in [0.4, 0.5) is 8.78 Å². The topological polar surface area (TPSA) is 47.1 Å². The van der Waals surface area contributed by atoms with E-state index in [1.54, 1.807) is 6.07 Å². The molecule has 2 aromatic heterocycles. The summed E-state index contributed by atoms with van der Waals surface area (Å²) in [6.45, 7) is 5.88. The van der Waals surface area contributed by atoms with Gasteiger partial charge in [0, 0.05) is 18.0 Å². The molecule has 5 nitrogen and oxygen atoms in total. The second kappa shape index (κ2) is 8.13. The van der Waals surface area contributed by atoms with Gasteiger partial charge in [-0.2, -0.15) is 0 Å². The van der Waals surface area contributed by atoms with Crippen LogP contribution in [0.1, 0.15) is 41.7 Å². The summed E-state index contributed by atoms with van der Waals surface area (Å²) >= 11 is 0. The van der Waals surface area contributed by atoms with Crippen LogP contribution in [0.2, 0.25) is 0 Å². The zero-order valence-electron chi connectivity index (χ0n) is 18.5. The molecule has 0 atom stereocenters. The first kappa shape index (κ1) is 20.8. The van der Waals surface area contributed by atoms with Crippen LogP contribution in [0.25, 0.3) is 22.2 Å². The van der Waals surface area contributed by atoms with Gasteiger partial charge in [0.1, 0.15) is 11.6 Å². The van der Waals surface area contributed by atoms with E-state index in [9.17, 15) is 8.78 Å². The minimum Gasteiger partial charge on any atom is -0.361 e. The lowest BCUT2D eigenvalue weighted by molar-refractivity contribution is 0.222. The van der Waals surface area contributed by atoms with Gasteiger partial charge in [0.25, 0.3) is 0 Å². The van der Waals surface area contributed by atoms with E-state index in [1.807, 2.05) is 13.8 Å². The quantitative estimate of drug-likeness (QED) is 0.427. The molecule has 4 aromatic rings. The minimum atomic E-state index is -0.832. The number of rotatable bonds is 4. The van der Waals surface area contributed by atoms with E-state index in [0.717, 1.165) is 65.4 Å². The molecule has 1 aliphatic heterocycles. The molecule has 7 heteroatoms. The molecule has 0 radical (unpaired) electrons. The van der Waals surface area contributed by atoms with Crippen molar-refractivity contribution in [1.82, 2.24) is 19.6 Å². The van der Waals surface area contributed by atoms with Gasteiger partial charge in [-0.25, -0.2) is 13.8 Å². The summed E-state index contributed by atoms with van der Waals surface area (Å²) in [4.78, 5) is 7.30. The highest BCUT2D eigenvalue weighted by Gasteiger charge is 2.24. The van der Waals surface area contributed by atoms with Crippen LogP contribution in [-0.2, 0) is 6.42 Å². The lowest BCUT2D eigenvalue weighted by Gasteiger charge is -2.31. The minimum absolute atomic E-state index is 0.321. The molecule has 0 bridgehead atoms. The van der Waals surface area contributed by atoms with Crippen molar-refractivity contribution in [2.24, 2.45) is 0 Å². The van der Waals surface area contributed by atoms with Crippen LogP contribution < -0.4 is 0 Å². The maximum atomic E-state index is 13.8. The molecule has 0 amide bonds. The number of halogens is 2. The van der Waals surface area contributed by atoms with E-state index in [4.69, 9.17) is 9.51 Å². The summed E-state index contributed by atoms with van der Waals surface area (Å²) < 4.78 is 34.9. The third-order valence-electron chi connectivity index (χ3n) is 6.48. The summed E-state index contributed by atoms with van der Waals surface area (Å²) in [5, 5.41) is 4.08. The Bertz CT molecular complexity index is 1270. The third-order valence-corrected chi connectivity index (χ3v) is 6.48. The van der Waals surface area contributed by atoms with E-state index >= 15 is 0 Å². The van der Waals surface area contributed by atoms with E-state index in [0.29, 0.717) is 18.0 Å². The molecule has 0 aliphatic carbocycles. The van der Waals surface area contributed by atoms with E-state index in [1.165, 1.54) is 12.1 Å². The SMILES string of the molecule is Cc1noc(C)c1-c1ccc2c(c1)nc(Cc1ccc(F)c(F)c1)n2C1CCN(C)CC1. The molecule has 1 fully saturated rings. The lowest BCUT2D eigenvalue weighted by Crippen LogP contribution is -2.32. The molecule has 0 saturated carbocycles. The fourth-order valence-corrected chi connectivity index (χ4v) is 4.82. The van der Waals surface area contributed by atoms with Crippen molar-refractivity contribution in [2.45, 2.75) is 39.2 Å². The number of piperidine rings is 1. The Hall–Kier alpha value is -3.06. The third kappa shape index (κ3) is 3.71. The number of fused-ring (bicyclic) bond motifs is 1. The number of benzene rings is 2. The maximum Gasteiger partial charge on any atom is 0.159 e. The summed E-state index contributed by atoms with van der Waals surface area (Å²) in [5.41, 5.74) is 5.51. The average Bonchev–Trinajstić information content (AvgIpc) is 3.29. The van der Waals surface area contributed by atoms with Crippen molar-refractivity contribution in [1.29, 1.82) is 0 Å². The predicted octanol–water partition coefficient (Wildman–Crippen LogP) is 5.44. The summed E-state index contributed by atoms with van der Waals surface area (Å²) in [5.74, 6) is -0.0121. The number of aromatic nitrogens is 3. The highest BCUT2D eigenvalue weighted by Crippen LogP contribution is 2.33. The Balaban J connectivity index is 1.61. The van der Waals surface area contributed by atoms with Crippen LogP contribution >= 0.6 is 0 Å². The molecule has 2 aromatic carbocycles. The average molecular weight is 437 g/mol. The van der Waals surface area contributed by atoms with Crippen molar-refractivity contribution in [3.63, 3.8) is 0 Å². The van der Waals surface area contributed by atoms with Crippen LogP contribution in [0.3, 0.4) is 0 Å². The lowest BCUT2D eigenvalue weighted by atomic mass is 10.0. The molecular weight excluding hydrogens is 410 g/mol. The van der Waals surface area contributed by atoms with Crippen LogP contribution in [0.5, 0.6) is 0 Å². The Kier molecular flexibility index (Phi) is 5.29. The number of hydrogen-bond acceptors (Lipinski definition) is 4. The zero-order chi connectivity index (χ0) is 22.4. The highest BCUT2D eigenvalue weighted by molar-refractivity contribution is 5.83. The van der Waals surface area contributed by atoms with Crippen LogP contribution in [0.15, 0.2) is 40.9 Å². The monoisotopic (exact) mass is 436 g/mol. The molecule has 5 rings (SSSR count). The van der Waals surface area contributed by atoms with E-state index in [-0.39, 0.29) is 0 Å². The van der Waals surface area contributed by atoms with Gasteiger partial charge in [0.2, 0.25) is 0 Å². The predicted molar refractivity (Wildman–Crippen MR) is 120 cm³/mol. The van der Waals surface area contributed by atoms with Crippen molar-refractivity contribution in [3.05, 3.63) is 70.9 Å². The first-order valence-corrected chi connectivity index (χ1v) is 11.0. The number of nitrogens with zero attached hydrogens (tertiary/aromatic N) is 4. The Morgan fingerprint density at radius 1 is 1.03 bits per heavy atom. The van der Waals surface area contributed by atoms with Gasteiger partial charge in [0.15, 0.2) is 11.6 Å². The van der Waals surface area contributed by atoms with Crippen molar-refractivity contribution >= 4 is 11.0 Å². The van der Waals surface area contributed by atoms with Gasteiger partial charge in [-0.05, 0) is 82.2 Å². The van der Waals surface area contributed by atoms with Gasteiger partial charge >= 0.3 is 0 Å². The van der Waals surface area contributed by atoms with Crippen molar-refractivity contribution in [2.75, 3.05) is 20.1 Å². The Morgan fingerprint density at radius 3 is 2.50 bits per heavy atom. The second-order valence-electron chi connectivity index (χ2n) is 8.76. The Morgan fingerprint density at radius 2 is 1.81 bits per heavy atom. The summed E-state index contributed by atoms with van der Waals surface area (Å²) in [6.07, 6.45) is 2.50. The summed E-state index contributed by atoms with van der Waals surface area (Å²) in [7, 11) is 2.14. The van der Waals surface area contributed by atoms with Gasteiger partial charge in [-0.3, -0.25) is 0 Å². The molecule has 0 spiro atoms. The molecule has 32 heavy (non-hydrogen) atoms. The fraction of sp³-hybridized carbons (Fsp3) is 0.360. The molecule has 1 aliphatic rings. The normalized spacial score (nSPS) is 15.7. The largest absolute Gasteiger partial charge is 0.361 e. The molecule has 0 N–H and O–H groups in total. The van der Waals surface area contributed by atoms with Gasteiger partial charge in [-0.1, -0.05) is 17.3 Å². The molecule has 0 unspecified atom stereocenters. The highest BCUT2D eigenvalue weighted by atomic mass is 19.2. The van der Waals surface area contributed by atoms with Crippen LogP contribution in [0, 0.1) is 25.5 Å². The fourth-order valence-electron chi connectivity index (χ4n) is 4.82. The van der Waals surface area contributed by atoms with Gasteiger partial charge in [-0.15, -0.1) is 0 Å². The maximum absolute atomic E-state index is 13.8. The van der Waals surface area contributed by atoms with Gasteiger partial charge < -0.3 is 14.0 Å². The zero-order valence-corrected chi connectivity index (χ0v) is 18.5. The first-order valence-electron chi connectivity index (χ1n) is 11.0. The standard InChI is InChI=1S/C25H26F2N4O/c1-15-25(16(2)32-29-15)18-5-7-23-22(14-18)28-24(13-17-4-6-20(26)21(27)12-17)31(23)19-8-10-30(3)11-9-19/h4-7,12,14,19H,8-11,13H2,1-3H3.